The third-order valence-electron chi connectivity index (χ3n) is 3.32. The van der Waals surface area contributed by atoms with Crippen LogP contribution in [0.15, 0.2) is 30.3 Å². The number of aryl methyl sites for hydroxylation is 2. The van der Waals surface area contributed by atoms with Crippen LogP contribution >= 0.6 is 0 Å². The molecule has 1 aromatic carbocycles. The largest absolute Gasteiger partial charge is 0.494 e. The first-order valence-corrected chi connectivity index (χ1v) is 6.91. The molecule has 0 fully saturated rings. The van der Waals surface area contributed by atoms with Crippen molar-refractivity contribution in [3.05, 3.63) is 47.3 Å². The Hall–Kier alpha value is -1.85. The fraction of sp³-hybridized carbons (Fsp3) is 0.400. The molecule has 0 saturated carbocycles. The van der Waals surface area contributed by atoms with Crippen molar-refractivity contribution in [2.24, 2.45) is 12.9 Å². The second-order valence-electron chi connectivity index (χ2n) is 4.61. The number of benzene rings is 1. The second-order valence-corrected chi connectivity index (χ2v) is 4.61. The Balaban J connectivity index is 2.43. The van der Waals surface area contributed by atoms with E-state index < -0.39 is 0 Å². The maximum atomic E-state index is 5.77. The van der Waals surface area contributed by atoms with Gasteiger partial charge in [0.25, 0.3) is 0 Å². The van der Waals surface area contributed by atoms with Crippen molar-refractivity contribution in [2.75, 3.05) is 6.61 Å². The van der Waals surface area contributed by atoms with Crippen LogP contribution in [0.1, 0.15) is 36.8 Å². The predicted octanol–water partition coefficient (Wildman–Crippen LogP) is 1.93. The number of para-hydroxylation sites is 1. The number of rotatable bonds is 6. The molecule has 0 aliphatic rings. The van der Waals surface area contributed by atoms with Gasteiger partial charge in [0, 0.05) is 12.6 Å². The molecule has 1 aromatic heterocycles. The van der Waals surface area contributed by atoms with Gasteiger partial charge >= 0.3 is 0 Å². The molecule has 2 aromatic rings. The smallest absolute Gasteiger partial charge is 0.124 e. The molecule has 0 saturated heterocycles. The lowest BCUT2D eigenvalue weighted by molar-refractivity contribution is 0.333. The molecular weight excluding hydrogens is 252 g/mol. The molecule has 0 bridgehead atoms. The summed E-state index contributed by atoms with van der Waals surface area (Å²) < 4.78 is 7.56. The number of aromatic nitrogens is 2. The van der Waals surface area contributed by atoms with Crippen molar-refractivity contribution >= 4 is 0 Å². The Labute approximate surface area is 119 Å². The predicted molar refractivity (Wildman–Crippen MR) is 79.4 cm³/mol. The number of ether oxygens (including phenoxy) is 1. The number of hydrogen-bond acceptors (Lipinski definition) is 4. The zero-order valence-electron chi connectivity index (χ0n) is 12.3. The standard InChI is InChI=1S/C15H22N4O/c1-4-11-10-13(19(3)18-11)15(17-16)12-8-6-7-9-14(12)20-5-2/h6-10,15,17H,4-5,16H2,1-3H3. The van der Waals surface area contributed by atoms with Gasteiger partial charge in [0.2, 0.25) is 0 Å². The zero-order chi connectivity index (χ0) is 14.5. The van der Waals surface area contributed by atoms with Gasteiger partial charge < -0.3 is 4.74 Å². The zero-order valence-corrected chi connectivity index (χ0v) is 12.3. The Morgan fingerprint density at radius 2 is 2.10 bits per heavy atom. The molecule has 108 valence electrons. The molecule has 0 amide bonds. The van der Waals surface area contributed by atoms with Crippen molar-refractivity contribution in [1.82, 2.24) is 15.2 Å². The van der Waals surface area contributed by atoms with Gasteiger partial charge in [-0.25, -0.2) is 5.43 Å². The number of hydrazine groups is 1. The molecule has 0 radical (unpaired) electrons. The molecule has 20 heavy (non-hydrogen) atoms. The second kappa shape index (κ2) is 6.54. The molecule has 0 aliphatic carbocycles. The molecule has 3 N–H and O–H groups in total. The highest BCUT2D eigenvalue weighted by molar-refractivity contribution is 5.40. The quantitative estimate of drug-likeness (QED) is 0.624. The number of nitrogens with one attached hydrogen (secondary N) is 1. The fourth-order valence-corrected chi connectivity index (χ4v) is 2.33. The van der Waals surface area contributed by atoms with E-state index in [0.29, 0.717) is 6.61 Å². The molecular formula is C15H22N4O. The molecule has 0 spiro atoms. The van der Waals surface area contributed by atoms with E-state index in [1.165, 1.54) is 0 Å². The Morgan fingerprint density at radius 3 is 2.70 bits per heavy atom. The van der Waals surface area contributed by atoms with Crippen LogP contribution in [-0.2, 0) is 13.5 Å². The maximum absolute atomic E-state index is 5.77. The molecule has 5 nitrogen and oxygen atoms in total. The van der Waals surface area contributed by atoms with Crippen LogP contribution in [0.3, 0.4) is 0 Å². The molecule has 1 atom stereocenters. The van der Waals surface area contributed by atoms with E-state index >= 15 is 0 Å². The summed E-state index contributed by atoms with van der Waals surface area (Å²) in [6.07, 6.45) is 0.901. The monoisotopic (exact) mass is 274 g/mol. The first kappa shape index (κ1) is 14.6. The van der Waals surface area contributed by atoms with Crippen LogP contribution in [0.4, 0.5) is 0 Å². The number of hydrogen-bond donors (Lipinski definition) is 2. The summed E-state index contributed by atoms with van der Waals surface area (Å²) in [6.45, 7) is 4.69. The summed E-state index contributed by atoms with van der Waals surface area (Å²) >= 11 is 0. The summed E-state index contributed by atoms with van der Waals surface area (Å²) in [7, 11) is 1.93. The van der Waals surface area contributed by atoms with Gasteiger partial charge in [0.05, 0.1) is 24.0 Å². The topological polar surface area (TPSA) is 65.1 Å². The van der Waals surface area contributed by atoms with Crippen LogP contribution < -0.4 is 16.0 Å². The van der Waals surface area contributed by atoms with Gasteiger partial charge in [-0.3, -0.25) is 10.5 Å². The third-order valence-corrected chi connectivity index (χ3v) is 3.32. The van der Waals surface area contributed by atoms with E-state index in [-0.39, 0.29) is 6.04 Å². The summed E-state index contributed by atoms with van der Waals surface area (Å²) in [5, 5.41) is 4.48. The summed E-state index contributed by atoms with van der Waals surface area (Å²) in [5.41, 5.74) is 5.96. The SMILES string of the molecule is CCOc1ccccc1C(NN)c1cc(CC)nn1C. The van der Waals surface area contributed by atoms with Gasteiger partial charge in [-0.1, -0.05) is 25.1 Å². The van der Waals surface area contributed by atoms with Crippen molar-refractivity contribution in [2.45, 2.75) is 26.3 Å². The van der Waals surface area contributed by atoms with Crippen LogP contribution in [0.5, 0.6) is 5.75 Å². The summed E-state index contributed by atoms with van der Waals surface area (Å²) in [6, 6.07) is 9.86. The Bertz CT molecular complexity index is 565. The minimum Gasteiger partial charge on any atom is -0.494 e. The first-order valence-electron chi connectivity index (χ1n) is 6.91. The van der Waals surface area contributed by atoms with Crippen LogP contribution in [0.25, 0.3) is 0 Å². The highest BCUT2D eigenvalue weighted by Gasteiger charge is 2.20. The average molecular weight is 274 g/mol. The van der Waals surface area contributed by atoms with E-state index in [1.54, 1.807) is 0 Å². The van der Waals surface area contributed by atoms with Gasteiger partial charge in [0.1, 0.15) is 5.75 Å². The molecule has 1 unspecified atom stereocenters. The van der Waals surface area contributed by atoms with Crippen molar-refractivity contribution in [3.8, 4) is 5.75 Å². The van der Waals surface area contributed by atoms with E-state index in [1.807, 2.05) is 42.9 Å². The number of nitrogens with two attached hydrogens (primary N) is 1. The fourth-order valence-electron chi connectivity index (χ4n) is 2.33. The van der Waals surface area contributed by atoms with Gasteiger partial charge in [0.15, 0.2) is 0 Å². The highest BCUT2D eigenvalue weighted by Crippen LogP contribution is 2.29. The first-order chi connectivity index (χ1) is 9.71. The lowest BCUT2D eigenvalue weighted by Crippen LogP contribution is -2.30. The molecule has 5 heteroatoms. The van der Waals surface area contributed by atoms with Crippen LogP contribution in [0.2, 0.25) is 0 Å². The summed E-state index contributed by atoms with van der Waals surface area (Å²) in [5.74, 6) is 6.62. The van der Waals surface area contributed by atoms with Crippen molar-refractivity contribution in [3.63, 3.8) is 0 Å². The van der Waals surface area contributed by atoms with Crippen LogP contribution in [0, 0.1) is 0 Å². The van der Waals surface area contributed by atoms with E-state index in [2.05, 4.69) is 23.5 Å². The van der Waals surface area contributed by atoms with Crippen LogP contribution in [-0.4, -0.2) is 16.4 Å². The molecule has 2 rings (SSSR count). The van der Waals surface area contributed by atoms with Gasteiger partial charge in [-0.15, -0.1) is 0 Å². The average Bonchev–Trinajstić information content (AvgIpc) is 2.83. The van der Waals surface area contributed by atoms with E-state index in [9.17, 15) is 0 Å². The lowest BCUT2D eigenvalue weighted by atomic mass is 10.0. The lowest BCUT2D eigenvalue weighted by Gasteiger charge is -2.19. The minimum absolute atomic E-state index is 0.143. The highest BCUT2D eigenvalue weighted by atomic mass is 16.5. The molecule has 1 heterocycles. The van der Waals surface area contributed by atoms with Crippen molar-refractivity contribution in [1.29, 1.82) is 0 Å². The van der Waals surface area contributed by atoms with Gasteiger partial charge in [-0.2, -0.15) is 5.10 Å². The normalized spacial score (nSPS) is 12.4. The Kier molecular flexibility index (Phi) is 4.76. The number of nitrogens with zero attached hydrogens (tertiary/aromatic N) is 2. The maximum Gasteiger partial charge on any atom is 0.124 e. The summed E-state index contributed by atoms with van der Waals surface area (Å²) in [4.78, 5) is 0. The Morgan fingerprint density at radius 1 is 1.35 bits per heavy atom. The third kappa shape index (κ3) is 2.84. The van der Waals surface area contributed by atoms with E-state index in [0.717, 1.165) is 29.1 Å². The van der Waals surface area contributed by atoms with Crippen molar-refractivity contribution < 1.29 is 4.74 Å². The van der Waals surface area contributed by atoms with Gasteiger partial charge in [-0.05, 0) is 25.5 Å². The molecule has 0 aliphatic heterocycles. The van der Waals surface area contributed by atoms with E-state index in [4.69, 9.17) is 10.6 Å². The minimum atomic E-state index is -0.143.